The molecule has 0 aliphatic carbocycles. The van der Waals surface area contributed by atoms with E-state index in [9.17, 15) is 19.2 Å². The summed E-state index contributed by atoms with van der Waals surface area (Å²) in [7, 11) is 11.0. The molecule has 14 heteroatoms. The van der Waals surface area contributed by atoms with Gasteiger partial charge in [0.25, 0.3) is 0 Å². The number of nitrogens with one attached hydrogen (secondary N) is 3. The maximum Gasteiger partial charge on any atom is 0.242 e. The third kappa shape index (κ3) is 12.4. The number of hydrogen-bond acceptors (Lipinski definition) is 9. The van der Waals surface area contributed by atoms with Gasteiger partial charge >= 0.3 is 0 Å². The molecule has 1 aromatic carbocycles. The van der Waals surface area contributed by atoms with Crippen molar-refractivity contribution in [3.8, 4) is 0 Å². The molecule has 4 amide bonds. The predicted octanol–water partition coefficient (Wildman–Crippen LogP) is 2.50. The number of hydrogen-bond donors (Lipinski definition) is 4. The molecule has 1 aliphatic rings. The molecule has 290 valence electrons. The van der Waals surface area contributed by atoms with E-state index in [0.717, 1.165) is 24.1 Å². The second kappa shape index (κ2) is 21.6. The van der Waals surface area contributed by atoms with Gasteiger partial charge in [0.15, 0.2) is 0 Å². The molecule has 0 aromatic heterocycles. The van der Waals surface area contributed by atoms with Crippen LogP contribution in [0, 0.1) is 17.8 Å². The highest BCUT2D eigenvalue weighted by Crippen LogP contribution is 2.29. The molecule has 2 rings (SSSR count). The molecule has 1 heterocycles. The van der Waals surface area contributed by atoms with Gasteiger partial charge in [0, 0.05) is 46.1 Å². The first-order valence-corrected chi connectivity index (χ1v) is 18.8. The largest absolute Gasteiger partial charge is 0.379 e. The Labute approximate surface area is 308 Å². The maximum absolute atomic E-state index is 14.0. The summed E-state index contributed by atoms with van der Waals surface area (Å²) in [6.07, 6.45) is 1.77. The van der Waals surface area contributed by atoms with E-state index in [4.69, 9.17) is 15.2 Å². The molecular formula is C37H66N7O6P. The van der Waals surface area contributed by atoms with E-state index in [1.807, 2.05) is 82.8 Å². The number of carbonyl (C=O) groups excluding carboxylic acids is 4. The zero-order valence-corrected chi connectivity index (χ0v) is 33.8. The Morgan fingerprint density at radius 3 is 2.18 bits per heavy atom. The number of benzene rings is 1. The fourth-order valence-corrected chi connectivity index (χ4v) is 7.59. The van der Waals surface area contributed by atoms with E-state index in [1.54, 1.807) is 26.2 Å². The first-order valence-electron chi connectivity index (χ1n) is 18.3. The molecule has 0 saturated carbocycles. The van der Waals surface area contributed by atoms with Gasteiger partial charge in [0.05, 0.1) is 49.2 Å². The average Bonchev–Trinajstić information content (AvgIpc) is 3.59. The van der Waals surface area contributed by atoms with Gasteiger partial charge < -0.3 is 40.7 Å². The molecule has 0 radical (unpaired) electrons. The normalized spacial score (nSPS) is 18.8. The number of carbonyl (C=O) groups is 4. The summed E-state index contributed by atoms with van der Waals surface area (Å²) in [6, 6.07) is 6.62. The number of likely N-dealkylation sites (tertiary alicyclic amines) is 1. The highest BCUT2D eigenvalue weighted by atomic mass is 31.0. The van der Waals surface area contributed by atoms with Crippen LogP contribution in [0.15, 0.2) is 24.3 Å². The third-order valence-electron chi connectivity index (χ3n) is 10.4. The number of nitrogens with zero attached hydrogens (tertiary/aromatic N) is 3. The van der Waals surface area contributed by atoms with Crippen LogP contribution in [0.4, 0.5) is 5.69 Å². The fraction of sp³-hybridized carbons (Fsp3) is 0.730. The molecular weight excluding hydrogens is 669 g/mol. The Kier molecular flexibility index (Phi) is 18.8. The molecule has 1 aromatic rings. The van der Waals surface area contributed by atoms with Crippen molar-refractivity contribution in [2.24, 2.45) is 23.5 Å². The number of amides is 4. The zero-order chi connectivity index (χ0) is 38.4. The smallest absolute Gasteiger partial charge is 0.242 e. The first-order chi connectivity index (χ1) is 24.1. The molecule has 0 bridgehead atoms. The van der Waals surface area contributed by atoms with Gasteiger partial charge in [0.1, 0.15) is 0 Å². The van der Waals surface area contributed by atoms with Crippen LogP contribution in [0.2, 0.25) is 0 Å². The number of rotatable bonds is 21. The first kappa shape index (κ1) is 44.3. The van der Waals surface area contributed by atoms with Crippen LogP contribution in [-0.2, 0) is 35.1 Å². The van der Waals surface area contributed by atoms with Crippen molar-refractivity contribution in [1.29, 1.82) is 0 Å². The van der Waals surface area contributed by atoms with Crippen molar-refractivity contribution in [2.75, 3.05) is 60.1 Å². The highest BCUT2D eigenvalue weighted by molar-refractivity contribution is 7.18. The van der Waals surface area contributed by atoms with Gasteiger partial charge in [-0.3, -0.25) is 24.1 Å². The van der Waals surface area contributed by atoms with Crippen molar-refractivity contribution < 1.29 is 28.7 Å². The number of likely N-dealkylation sites (N-methyl/N-ethyl adjacent to an activating group) is 2. The van der Waals surface area contributed by atoms with Crippen molar-refractivity contribution in [3.63, 3.8) is 0 Å². The van der Waals surface area contributed by atoms with Gasteiger partial charge in [-0.2, -0.15) is 0 Å². The van der Waals surface area contributed by atoms with Crippen LogP contribution in [0.25, 0.3) is 0 Å². The van der Waals surface area contributed by atoms with E-state index in [0.29, 0.717) is 19.4 Å². The van der Waals surface area contributed by atoms with Gasteiger partial charge in [-0.05, 0) is 72.3 Å². The lowest BCUT2D eigenvalue weighted by molar-refractivity contribution is -0.146. The maximum atomic E-state index is 14.0. The van der Waals surface area contributed by atoms with Crippen LogP contribution in [0.3, 0.4) is 0 Å². The van der Waals surface area contributed by atoms with E-state index in [2.05, 4.69) is 25.1 Å². The SMILES string of the molecule is CCC(C)C(C(CC(=O)N1CCCC1C(OC)C(C)C(=O)NC(CN)Cc1ccc(NP)cc1)OC)N(C)C(=O)CNC(=O)C(C(C)C)N(C)C. The standard InChI is InChI=1S/C37H66N7O6P/c1-11-24(4)34(43(8)32(46)22-39-37(48)33(23(2)3)42(6)7)30(49-9)20-31(45)44-18-12-13-29(44)35(50-10)25(5)36(47)40-28(21-38)19-26-14-16-27(41-51)17-15-26/h14-17,23-25,28-30,33-35,41H,11-13,18-22,38,51H2,1-10H3,(H,39,48)(H,40,47). The summed E-state index contributed by atoms with van der Waals surface area (Å²) >= 11 is 0. The minimum Gasteiger partial charge on any atom is -0.379 e. The van der Waals surface area contributed by atoms with E-state index in [1.165, 1.54) is 0 Å². The number of anilines is 1. The minimum absolute atomic E-state index is 0.0122. The topological polar surface area (TPSA) is 159 Å². The van der Waals surface area contributed by atoms with E-state index >= 15 is 0 Å². The average molecular weight is 736 g/mol. The van der Waals surface area contributed by atoms with E-state index in [-0.39, 0.29) is 73.1 Å². The third-order valence-corrected chi connectivity index (χ3v) is 10.7. The van der Waals surface area contributed by atoms with Crippen LogP contribution < -0.4 is 21.5 Å². The van der Waals surface area contributed by atoms with Crippen LogP contribution >= 0.6 is 9.39 Å². The second-order valence-corrected chi connectivity index (χ2v) is 14.8. The lowest BCUT2D eigenvalue weighted by atomic mass is 9.90. The van der Waals surface area contributed by atoms with Gasteiger partial charge in [-0.1, -0.05) is 53.2 Å². The summed E-state index contributed by atoms with van der Waals surface area (Å²) in [5, 5.41) is 8.94. The van der Waals surface area contributed by atoms with Crippen molar-refractivity contribution in [3.05, 3.63) is 29.8 Å². The quantitative estimate of drug-likeness (QED) is 0.139. The minimum atomic E-state index is -0.587. The fourth-order valence-electron chi connectivity index (χ4n) is 7.40. The lowest BCUT2D eigenvalue weighted by Crippen LogP contribution is -2.55. The number of nitrogens with two attached hydrogens (primary N) is 1. The van der Waals surface area contributed by atoms with Crippen molar-refractivity contribution in [1.82, 2.24) is 25.3 Å². The van der Waals surface area contributed by atoms with Gasteiger partial charge in [0.2, 0.25) is 23.6 Å². The van der Waals surface area contributed by atoms with Crippen LogP contribution in [0.1, 0.15) is 65.9 Å². The number of ether oxygens (including phenoxy) is 2. The van der Waals surface area contributed by atoms with Gasteiger partial charge in [-0.25, -0.2) is 0 Å². The molecule has 13 nitrogen and oxygen atoms in total. The van der Waals surface area contributed by atoms with Crippen molar-refractivity contribution in [2.45, 2.75) is 103 Å². The Morgan fingerprint density at radius 1 is 1.02 bits per heavy atom. The summed E-state index contributed by atoms with van der Waals surface area (Å²) < 4.78 is 11.9. The molecule has 9 unspecified atom stereocenters. The highest BCUT2D eigenvalue weighted by Gasteiger charge is 2.42. The number of methoxy groups -OCH3 is 2. The molecule has 51 heavy (non-hydrogen) atoms. The van der Waals surface area contributed by atoms with Crippen molar-refractivity contribution >= 4 is 38.7 Å². The summed E-state index contributed by atoms with van der Waals surface area (Å²) in [4.78, 5) is 59.2. The summed E-state index contributed by atoms with van der Waals surface area (Å²) in [5.41, 5.74) is 8.09. The van der Waals surface area contributed by atoms with Gasteiger partial charge in [-0.15, -0.1) is 0 Å². The molecule has 0 spiro atoms. The molecule has 1 aliphatic heterocycles. The van der Waals surface area contributed by atoms with E-state index < -0.39 is 24.2 Å². The Hall–Kier alpha value is -2.83. The lowest BCUT2D eigenvalue weighted by Gasteiger charge is -2.39. The second-order valence-electron chi connectivity index (χ2n) is 14.5. The molecule has 9 atom stereocenters. The monoisotopic (exact) mass is 735 g/mol. The summed E-state index contributed by atoms with van der Waals surface area (Å²) in [5.74, 6) is -1.21. The summed E-state index contributed by atoms with van der Waals surface area (Å²) in [6.45, 7) is 10.5. The van der Waals surface area contributed by atoms with Crippen LogP contribution in [0.5, 0.6) is 0 Å². The zero-order valence-electron chi connectivity index (χ0n) is 32.6. The van der Waals surface area contributed by atoms with Crippen LogP contribution in [-0.4, -0.2) is 130 Å². The predicted molar refractivity (Wildman–Crippen MR) is 206 cm³/mol. The Bertz CT molecular complexity index is 1240. The Morgan fingerprint density at radius 2 is 1.67 bits per heavy atom. The molecule has 1 fully saturated rings. The Balaban J connectivity index is 2.14. The molecule has 1 saturated heterocycles. The molecule has 5 N–H and O–H groups in total.